The van der Waals surface area contributed by atoms with Gasteiger partial charge in [0.15, 0.2) is 0 Å². The minimum absolute atomic E-state index is 0.0486. The van der Waals surface area contributed by atoms with Gasteiger partial charge in [-0.25, -0.2) is 4.79 Å². The van der Waals surface area contributed by atoms with Crippen LogP contribution in [0.3, 0.4) is 0 Å². The molecule has 1 aromatic heterocycles. The minimum atomic E-state index is -4.29. The second kappa shape index (κ2) is 7.01. The van der Waals surface area contributed by atoms with Crippen molar-refractivity contribution >= 4 is 22.8 Å². The molecule has 140 valence electrons. The fourth-order valence-corrected chi connectivity index (χ4v) is 3.20. The molecule has 1 unspecified atom stereocenters. The number of H-pyrrole nitrogens is 1. The second-order valence-electron chi connectivity index (χ2n) is 6.34. The maximum atomic E-state index is 12.9. The number of rotatable bonds is 3. The van der Waals surface area contributed by atoms with Gasteiger partial charge in [0.25, 0.3) is 5.91 Å². The van der Waals surface area contributed by atoms with Crippen LogP contribution >= 0.6 is 0 Å². The standard InChI is InChI=1S/C18H19F3N2O3/c1-2-26-17(25)15-9-12-8-11(5-6-14(12)22-15)16(24)23-7-3-4-13(10-23)18(19,20)21/h5-6,8-9,13,22H,2-4,7,10H2,1H3. The maximum absolute atomic E-state index is 12.9. The first kappa shape index (κ1) is 18.3. The summed E-state index contributed by atoms with van der Waals surface area (Å²) < 4.78 is 43.8. The Morgan fingerprint density at radius 3 is 2.77 bits per heavy atom. The normalized spacial score (nSPS) is 18.2. The number of aromatic nitrogens is 1. The average Bonchev–Trinajstić information content (AvgIpc) is 3.04. The zero-order chi connectivity index (χ0) is 18.9. The summed E-state index contributed by atoms with van der Waals surface area (Å²) >= 11 is 0. The zero-order valence-corrected chi connectivity index (χ0v) is 14.2. The lowest BCUT2D eigenvalue weighted by atomic mass is 9.97. The van der Waals surface area contributed by atoms with Gasteiger partial charge in [-0.2, -0.15) is 13.2 Å². The molecule has 1 saturated heterocycles. The number of hydrogen-bond acceptors (Lipinski definition) is 3. The minimum Gasteiger partial charge on any atom is -0.461 e. The molecule has 1 fully saturated rings. The lowest BCUT2D eigenvalue weighted by molar-refractivity contribution is -0.184. The van der Waals surface area contributed by atoms with Gasteiger partial charge in [-0.05, 0) is 44.0 Å². The lowest BCUT2D eigenvalue weighted by Crippen LogP contribution is -2.44. The Morgan fingerprint density at radius 2 is 2.08 bits per heavy atom. The number of fused-ring (bicyclic) bond motifs is 1. The number of esters is 1. The molecule has 1 amide bonds. The van der Waals surface area contributed by atoms with Crippen LogP contribution in [0.25, 0.3) is 10.9 Å². The molecule has 2 aromatic rings. The number of alkyl halides is 3. The largest absolute Gasteiger partial charge is 0.461 e. The Morgan fingerprint density at radius 1 is 1.31 bits per heavy atom. The second-order valence-corrected chi connectivity index (χ2v) is 6.34. The van der Waals surface area contributed by atoms with Gasteiger partial charge in [0.1, 0.15) is 5.69 Å². The molecule has 1 N–H and O–H groups in total. The Bertz CT molecular complexity index is 829. The van der Waals surface area contributed by atoms with Gasteiger partial charge in [-0.3, -0.25) is 4.79 Å². The number of piperidine rings is 1. The summed E-state index contributed by atoms with van der Waals surface area (Å²) in [5, 5.41) is 0.628. The molecule has 26 heavy (non-hydrogen) atoms. The van der Waals surface area contributed by atoms with Crippen molar-refractivity contribution in [1.29, 1.82) is 0 Å². The molecule has 8 heteroatoms. The Labute approximate surface area is 148 Å². The summed E-state index contributed by atoms with van der Waals surface area (Å²) in [6.07, 6.45) is -3.92. The Kier molecular flexibility index (Phi) is 4.93. The first-order valence-electron chi connectivity index (χ1n) is 8.45. The van der Waals surface area contributed by atoms with E-state index in [1.165, 1.54) is 4.90 Å². The van der Waals surface area contributed by atoms with Crippen molar-refractivity contribution in [2.75, 3.05) is 19.7 Å². The van der Waals surface area contributed by atoms with Crippen LogP contribution in [0.4, 0.5) is 13.2 Å². The molecular formula is C18H19F3N2O3. The maximum Gasteiger partial charge on any atom is 0.393 e. The third-order valence-corrected chi connectivity index (χ3v) is 4.53. The summed E-state index contributed by atoms with van der Waals surface area (Å²) in [7, 11) is 0. The third kappa shape index (κ3) is 3.68. The number of carbonyl (C=O) groups is 2. The molecule has 0 bridgehead atoms. The first-order chi connectivity index (χ1) is 12.3. The molecule has 1 aliphatic heterocycles. The number of carbonyl (C=O) groups excluding carboxylic acids is 2. The van der Waals surface area contributed by atoms with Gasteiger partial charge in [-0.1, -0.05) is 0 Å². The van der Waals surface area contributed by atoms with Crippen molar-refractivity contribution in [2.24, 2.45) is 5.92 Å². The average molecular weight is 368 g/mol. The van der Waals surface area contributed by atoms with E-state index in [2.05, 4.69) is 4.98 Å². The molecule has 0 spiro atoms. The molecule has 0 radical (unpaired) electrons. The quantitative estimate of drug-likeness (QED) is 0.839. The predicted molar refractivity (Wildman–Crippen MR) is 88.9 cm³/mol. The number of benzene rings is 1. The van der Waals surface area contributed by atoms with E-state index in [9.17, 15) is 22.8 Å². The van der Waals surface area contributed by atoms with Crippen LogP contribution in [-0.4, -0.2) is 47.6 Å². The van der Waals surface area contributed by atoms with Crippen LogP contribution in [-0.2, 0) is 4.74 Å². The van der Waals surface area contributed by atoms with Crippen molar-refractivity contribution in [3.63, 3.8) is 0 Å². The van der Waals surface area contributed by atoms with Crippen molar-refractivity contribution in [1.82, 2.24) is 9.88 Å². The van der Waals surface area contributed by atoms with Crippen LogP contribution in [0.15, 0.2) is 24.3 Å². The van der Waals surface area contributed by atoms with Gasteiger partial charge in [0, 0.05) is 29.6 Å². The molecule has 1 aliphatic rings. The first-order valence-corrected chi connectivity index (χ1v) is 8.45. The van der Waals surface area contributed by atoms with E-state index in [1.807, 2.05) is 0 Å². The van der Waals surface area contributed by atoms with Crippen molar-refractivity contribution < 1.29 is 27.5 Å². The summed E-state index contributed by atoms with van der Waals surface area (Å²) in [6.45, 7) is 1.93. The summed E-state index contributed by atoms with van der Waals surface area (Å²) in [4.78, 5) is 28.5. The molecular weight excluding hydrogens is 349 g/mol. The van der Waals surface area contributed by atoms with E-state index in [4.69, 9.17) is 4.74 Å². The molecule has 1 atom stereocenters. The fourth-order valence-electron chi connectivity index (χ4n) is 3.20. The number of aromatic amines is 1. The number of ether oxygens (including phenoxy) is 1. The Hall–Kier alpha value is -2.51. The highest BCUT2D eigenvalue weighted by atomic mass is 19.4. The van der Waals surface area contributed by atoms with E-state index in [1.54, 1.807) is 31.2 Å². The van der Waals surface area contributed by atoms with Gasteiger partial charge in [-0.15, -0.1) is 0 Å². The van der Waals surface area contributed by atoms with E-state index in [0.717, 1.165) is 0 Å². The number of likely N-dealkylation sites (tertiary alicyclic amines) is 1. The van der Waals surface area contributed by atoms with E-state index < -0.39 is 24.0 Å². The summed E-state index contributed by atoms with van der Waals surface area (Å²) in [5.41, 5.74) is 1.22. The molecule has 5 nitrogen and oxygen atoms in total. The van der Waals surface area contributed by atoms with Crippen LogP contribution in [0.1, 0.15) is 40.6 Å². The highest BCUT2D eigenvalue weighted by Gasteiger charge is 2.42. The Balaban J connectivity index is 1.81. The van der Waals surface area contributed by atoms with Gasteiger partial charge < -0.3 is 14.6 Å². The number of amides is 1. The molecule has 1 aromatic carbocycles. The van der Waals surface area contributed by atoms with E-state index >= 15 is 0 Å². The van der Waals surface area contributed by atoms with Crippen molar-refractivity contribution in [2.45, 2.75) is 25.9 Å². The van der Waals surface area contributed by atoms with Gasteiger partial charge in [0.05, 0.1) is 12.5 Å². The third-order valence-electron chi connectivity index (χ3n) is 4.53. The molecule has 2 heterocycles. The van der Waals surface area contributed by atoms with Crippen LogP contribution < -0.4 is 0 Å². The number of halogens is 3. The smallest absolute Gasteiger partial charge is 0.393 e. The monoisotopic (exact) mass is 368 g/mol. The molecule has 0 aliphatic carbocycles. The van der Waals surface area contributed by atoms with E-state index in [-0.39, 0.29) is 25.3 Å². The highest BCUT2D eigenvalue weighted by molar-refractivity contribution is 6.00. The molecule has 3 rings (SSSR count). The van der Waals surface area contributed by atoms with E-state index in [0.29, 0.717) is 29.4 Å². The lowest BCUT2D eigenvalue weighted by Gasteiger charge is -2.33. The topological polar surface area (TPSA) is 62.4 Å². The van der Waals surface area contributed by atoms with Gasteiger partial charge in [0.2, 0.25) is 0 Å². The van der Waals surface area contributed by atoms with Crippen LogP contribution in [0.2, 0.25) is 0 Å². The SMILES string of the molecule is CCOC(=O)c1cc2cc(C(=O)N3CCCC(C(F)(F)F)C3)ccc2[nH]1. The number of nitrogens with zero attached hydrogens (tertiary/aromatic N) is 1. The summed E-state index contributed by atoms with van der Waals surface area (Å²) in [5.74, 6) is -2.41. The number of hydrogen-bond donors (Lipinski definition) is 1. The van der Waals surface area contributed by atoms with Gasteiger partial charge >= 0.3 is 12.1 Å². The zero-order valence-electron chi connectivity index (χ0n) is 14.2. The van der Waals surface area contributed by atoms with Crippen molar-refractivity contribution in [3.8, 4) is 0 Å². The van der Waals surface area contributed by atoms with Crippen LogP contribution in [0, 0.1) is 5.92 Å². The number of nitrogens with one attached hydrogen (secondary N) is 1. The van der Waals surface area contributed by atoms with Crippen LogP contribution in [0.5, 0.6) is 0 Å². The highest BCUT2D eigenvalue weighted by Crippen LogP contribution is 2.33. The fraction of sp³-hybridized carbons (Fsp3) is 0.444. The van der Waals surface area contributed by atoms with Crippen molar-refractivity contribution in [3.05, 3.63) is 35.5 Å². The predicted octanol–water partition coefficient (Wildman–Crippen LogP) is 3.76. The molecule has 0 saturated carbocycles. The summed E-state index contributed by atoms with van der Waals surface area (Å²) in [6, 6.07) is 6.33.